The highest BCUT2D eigenvalue weighted by molar-refractivity contribution is 9.10. The van der Waals surface area contributed by atoms with Gasteiger partial charge in [-0.15, -0.1) is 10.2 Å². The zero-order valence-electron chi connectivity index (χ0n) is 12.2. The van der Waals surface area contributed by atoms with Crippen molar-refractivity contribution in [1.29, 1.82) is 0 Å². The van der Waals surface area contributed by atoms with E-state index in [1.807, 2.05) is 18.2 Å². The molecular weight excluding hydrogens is 372 g/mol. The van der Waals surface area contributed by atoms with E-state index in [4.69, 9.17) is 0 Å². The van der Waals surface area contributed by atoms with Crippen LogP contribution in [-0.2, 0) is 0 Å². The van der Waals surface area contributed by atoms with Crippen molar-refractivity contribution in [2.45, 2.75) is 0 Å². The van der Waals surface area contributed by atoms with E-state index in [0.29, 0.717) is 17.1 Å². The Bertz CT molecular complexity index is 1060. The van der Waals surface area contributed by atoms with E-state index < -0.39 is 0 Å². The first kappa shape index (κ1) is 14.6. The van der Waals surface area contributed by atoms with Crippen LogP contribution in [0.1, 0.15) is 5.56 Å². The number of hydrazone groups is 1. The molecule has 7 nitrogen and oxygen atoms in total. The molecule has 0 aliphatic carbocycles. The summed E-state index contributed by atoms with van der Waals surface area (Å²) in [7, 11) is 0. The number of halogens is 1. The van der Waals surface area contributed by atoms with Crippen LogP contribution in [0.5, 0.6) is 5.75 Å². The van der Waals surface area contributed by atoms with Gasteiger partial charge in [0.1, 0.15) is 11.3 Å². The quantitative estimate of drug-likeness (QED) is 0.372. The lowest BCUT2D eigenvalue weighted by Gasteiger charge is -1.97. The monoisotopic (exact) mass is 382 g/mol. The van der Waals surface area contributed by atoms with Crippen molar-refractivity contribution in [2.24, 2.45) is 5.10 Å². The van der Waals surface area contributed by atoms with E-state index in [1.165, 1.54) is 0 Å². The fourth-order valence-electron chi connectivity index (χ4n) is 2.32. The molecule has 2 aromatic carbocycles. The number of H-pyrrole nitrogens is 1. The predicted molar refractivity (Wildman–Crippen MR) is 96.2 cm³/mol. The summed E-state index contributed by atoms with van der Waals surface area (Å²) in [6.45, 7) is 0. The first-order valence-corrected chi connectivity index (χ1v) is 7.88. The first-order chi connectivity index (χ1) is 11.7. The van der Waals surface area contributed by atoms with Gasteiger partial charge in [-0.2, -0.15) is 10.1 Å². The molecule has 0 radical (unpaired) electrons. The highest BCUT2D eigenvalue weighted by Crippen LogP contribution is 2.25. The van der Waals surface area contributed by atoms with E-state index >= 15 is 0 Å². The van der Waals surface area contributed by atoms with Crippen molar-refractivity contribution in [2.75, 3.05) is 5.43 Å². The van der Waals surface area contributed by atoms with Gasteiger partial charge in [0.05, 0.1) is 6.21 Å². The highest BCUT2D eigenvalue weighted by Gasteiger charge is 2.09. The summed E-state index contributed by atoms with van der Waals surface area (Å²) in [6, 6.07) is 12.6. The van der Waals surface area contributed by atoms with Crippen molar-refractivity contribution in [3.63, 3.8) is 0 Å². The average molecular weight is 383 g/mol. The van der Waals surface area contributed by atoms with Gasteiger partial charge in [0.25, 0.3) is 5.95 Å². The number of nitrogens with zero attached hydrogens (tertiary/aromatic N) is 4. The fraction of sp³-hybridized carbons (Fsp3) is 0. The Balaban J connectivity index is 1.60. The summed E-state index contributed by atoms with van der Waals surface area (Å²) in [5, 5.41) is 22.5. The van der Waals surface area contributed by atoms with Gasteiger partial charge in [-0.25, -0.2) is 5.43 Å². The van der Waals surface area contributed by atoms with E-state index in [1.54, 1.807) is 30.5 Å². The zero-order valence-corrected chi connectivity index (χ0v) is 13.8. The van der Waals surface area contributed by atoms with Crippen LogP contribution >= 0.6 is 15.9 Å². The summed E-state index contributed by atoms with van der Waals surface area (Å²) in [5.74, 6) is 0.506. The third-order valence-corrected chi connectivity index (χ3v) is 3.94. The van der Waals surface area contributed by atoms with Gasteiger partial charge in [0, 0.05) is 15.4 Å². The lowest BCUT2D eigenvalue weighted by atomic mass is 10.2. The molecule has 0 atom stereocenters. The number of aromatic hydroxyl groups is 1. The molecule has 118 valence electrons. The van der Waals surface area contributed by atoms with E-state index in [9.17, 15) is 5.11 Å². The summed E-state index contributed by atoms with van der Waals surface area (Å²) in [6.07, 6.45) is 1.61. The summed E-state index contributed by atoms with van der Waals surface area (Å²) < 4.78 is 0.971. The molecule has 0 saturated carbocycles. The summed E-state index contributed by atoms with van der Waals surface area (Å²) in [4.78, 5) is 7.58. The van der Waals surface area contributed by atoms with Crippen LogP contribution in [0.3, 0.4) is 0 Å². The molecule has 0 bridgehead atoms. The molecule has 0 fully saturated rings. The maximum absolute atomic E-state index is 9.24. The number of benzene rings is 2. The number of aromatic nitrogens is 4. The molecule has 0 spiro atoms. The number of aromatic amines is 1. The minimum atomic E-state index is 0.212. The standard InChI is InChI=1S/C16H11BrN6O/c17-10-3-6-13-12(7-10)14-15(19-13)20-16(23-21-14)22-18-8-9-1-4-11(24)5-2-9/h1-8,24H,(H2,19,20,22,23)/b18-8+. The van der Waals surface area contributed by atoms with E-state index in [-0.39, 0.29) is 5.75 Å². The number of phenols is 1. The zero-order chi connectivity index (χ0) is 16.5. The largest absolute Gasteiger partial charge is 0.508 e. The molecule has 24 heavy (non-hydrogen) atoms. The fourth-order valence-corrected chi connectivity index (χ4v) is 2.68. The van der Waals surface area contributed by atoms with Crippen molar-refractivity contribution in [3.8, 4) is 5.75 Å². The van der Waals surface area contributed by atoms with Gasteiger partial charge < -0.3 is 10.1 Å². The number of anilines is 1. The second kappa shape index (κ2) is 5.89. The minimum absolute atomic E-state index is 0.212. The smallest absolute Gasteiger partial charge is 0.265 e. The predicted octanol–water partition coefficient (Wildman–Crippen LogP) is 3.42. The molecular formula is C16H11BrN6O. The highest BCUT2D eigenvalue weighted by atomic mass is 79.9. The van der Waals surface area contributed by atoms with Gasteiger partial charge in [-0.3, -0.25) is 0 Å². The van der Waals surface area contributed by atoms with Crippen LogP contribution in [-0.4, -0.2) is 31.5 Å². The number of phenolic OH excluding ortho intramolecular Hbond substituents is 1. The molecule has 8 heteroatoms. The molecule has 4 rings (SSSR count). The SMILES string of the molecule is Oc1ccc(/C=N/Nc2nnc3c(n2)[nH]c2ccc(Br)cc23)cc1. The molecule has 0 aliphatic rings. The second-order valence-electron chi connectivity index (χ2n) is 5.11. The Morgan fingerprint density at radius 2 is 1.96 bits per heavy atom. The lowest BCUT2D eigenvalue weighted by molar-refractivity contribution is 0.475. The number of hydrogen-bond acceptors (Lipinski definition) is 6. The van der Waals surface area contributed by atoms with Gasteiger partial charge in [0.15, 0.2) is 5.65 Å². The number of rotatable bonds is 3. The Morgan fingerprint density at radius 1 is 1.12 bits per heavy atom. The number of hydrogen-bond donors (Lipinski definition) is 3. The van der Waals surface area contributed by atoms with Gasteiger partial charge in [-0.1, -0.05) is 15.9 Å². The van der Waals surface area contributed by atoms with Gasteiger partial charge >= 0.3 is 0 Å². The Kier molecular flexibility index (Phi) is 3.58. The van der Waals surface area contributed by atoms with E-state index in [2.05, 4.69) is 46.6 Å². The van der Waals surface area contributed by atoms with Crippen molar-refractivity contribution >= 4 is 50.2 Å². The molecule has 0 amide bonds. The third kappa shape index (κ3) is 2.79. The Labute approximate surface area is 144 Å². The van der Waals surface area contributed by atoms with Crippen LogP contribution in [0.4, 0.5) is 5.95 Å². The van der Waals surface area contributed by atoms with Crippen molar-refractivity contribution < 1.29 is 5.11 Å². The Hall–Kier alpha value is -3.00. The first-order valence-electron chi connectivity index (χ1n) is 7.09. The molecule has 0 aliphatic heterocycles. The van der Waals surface area contributed by atoms with Crippen LogP contribution in [0, 0.1) is 0 Å². The molecule has 2 aromatic heterocycles. The molecule has 0 unspecified atom stereocenters. The van der Waals surface area contributed by atoms with Gasteiger partial charge in [-0.05, 0) is 48.0 Å². The van der Waals surface area contributed by atoms with Crippen LogP contribution < -0.4 is 5.43 Å². The maximum Gasteiger partial charge on any atom is 0.265 e. The second-order valence-corrected chi connectivity index (χ2v) is 6.02. The summed E-state index contributed by atoms with van der Waals surface area (Å²) in [5.41, 5.74) is 5.88. The van der Waals surface area contributed by atoms with Gasteiger partial charge in [0.2, 0.25) is 0 Å². The van der Waals surface area contributed by atoms with Crippen molar-refractivity contribution in [1.82, 2.24) is 20.2 Å². The van der Waals surface area contributed by atoms with E-state index in [0.717, 1.165) is 20.9 Å². The normalized spacial score (nSPS) is 11.5. The third-order valence-electron chi connectivity index (χ3n) is 3.45. The van der Waals surface area contributed by atoms with Crippen molar-refractivity contribution in [3.05, 3.63) is 52.5 Å². The van der Waals surface area contributed by atoms with Crippen LogP contribution in [0.25, 0.3) is 22.1 Å². The lowest BCUT2D eigenvalue weighted by Crippen LogP contribution is -1.98. The minimum Gasteiger partial charge on any atom is -0.508 e. The Morgan fingerprint density at radius 3 is 2.79 bits per heavy atom. The maximum atomic E-state index is 9.24. The van der Waals surface area contributed by atoms with Crippen LogP contribution in [0.2, 0.25) is 0 Å². The number of nitrogens with one attached hydrogen (secondary N) is 2. The number of fused-ring (bicyclic) bond motifs is 3. The van der Waals surface area contributed by atoms with Crippen LogP contribution in [0.15, 0.2) is 52.0 Å². The molecule has 4 aromatic rings. The molecule has 3 N–H and O–H groups in total. The molecule has 0 saturated heterocycles. The average Bonchev–Trinajstić information content (AvgIpc) is 2.94. The molecule has 2 heterocycles. The topological polar surface area (TPSA) is 99.1 Å². The summed E-state index contributed by atoms with van der Waals surface area (Å²) >= 11 is 3.45.